The number of nitrogens with one attached hydrogen (secondary N) is 1. The van der Waals surface area contributed by atoms with Gasteiger partial charge in [0.05, 0.1) is 0 Å². The summed E-state index contributed by atoms with van der Waals surface area (Å²) in [6.07, 6.45) is 0. The van der Waals surface area contributed by atoms with Gasteiger partial charge >= 0.3 is 0 Å². The largest absolute Gasteiger partial charge is 0.369 e. The molecule has 1 atom stereocenters. The lowest BCUT2D eigenvalue weighted by atomic mass is 9.85. The number of benzene rings is 1. The maximum Gasteiger partial charge on any atom is 0.160 e. The van der Waals surface area contributed by atoms with Crippen LogP contribution in [-0.2, 0) is 0 Å². The van der Waals surface area contributed by atoms with Gasteiger partial charge in [0.1, 0.15) is 0 Å². The third-order valence-corrected chi connectivity index (χ3v) is 3.49. The minimum Gasteiger partial charge on any atom is -0.369 e. The van der Waals surface area contributed by atoms with Gasteiger partial charge in [0, 0.05) is 37.4 Å². The van der Waals surface area contributed by atoms with Crippen molar-refractivity contribution < 1.29 is 8.78 Å². The van der Waals surface area contributed by atoms with Crippen LogP contribution in [-0.4, -0.2) is 25.7 Å². The zero-order chi connectivity index (χ0) is 13.3. The third-order valence-electron chi connectivity index (χ3n) is 3.49. The maximum absolute atomic E-state index is 13.2. The quantitative estimate of drug-likeness (QED) is 0.829. The van der Waals surface area contributed by atoms with Crippen LogP contribution in [0.5, 0.6) is 0 Å². The summed E-state index contributed by atoms with van der Waals surface area (Å²) in [4.78, 5) is 2.11. The Morgan fingerprint density at radius 3 is 2.56 bits per heavy atom. The summed E-state index contributed by atoms with van der Waals surface area (Å²) >= 11 is 0. The van der Waals surface area contributed by atoms with E-state index in [0.717, 1.165) is 25.3 Å². The number of nitrogens with zero attached hydrogens (tertiary/aromatic N) is 1. The number of rotatable bonds is 1. The van der Waals surface area contributed by atoms with Crippen molar-refractivity contribution >= 4 is 5.69 Å². The average molecular weight is 254 g/mol. The van der Waals surface area contributed by atoms with Gasteiger partial charge in [-0.3, -0.25) is 0 Å². The standard InChI is InChI=1S/C14H20F2N2/c1-14(2,3)13-9-18(7-6-17-13)10-4-5-11(15)12(16)8-10/h4-5,8,13,17H,6-7,9H2,1-3H3. The van der Waals surface area contributed by atoms with Gasteiger partial charge in [-0.25, -0.2) is 8.78 Å². The molecular formula is C14H20F2N2. The lowest BCUT2D eigenvalue weighted by Crippen LogP contribution is -2.56. The molecule has 1 aliphatic heterocycles. The molecular weight excluding hydrogens is 234 g/mol. The molecule has 1 fully saturated rings. The molecule has 1 aliphatic rings. The lowest BCUT2D eigenvalue weighted by Gasteiger charge is -2.41. The van der Waals surface area contributed by atoms with Gasteiger partial charge in [0.25, 0.3) is 0 Å². The highest BCUT2D eigenvalue weighted by molar-refractivity contribution is 5.47. The van der Waals surface area contributed by atoms with Crippen LogP contribution < -0.4 is 10.2 Å². The summed E-state index contributed by atoms with van der Waals surface area (Å²) < 4.78 is 26.2. The molecule has 1 aromatic rings. The summed E-state index contributed by atoms with van der Waals surface area (Å²) in [5.41, 5.74) is 0.904. The van der Waals surface area contributed by atoms with Crippen LogP contribution in [0, 0.1) is 17.0 Å². The number of hydrogen-bond acceptors (Lipinski definition) is 2. The van der Waals surface area contributed by atoms with Crippen LogP contribution in [0.2, 0.25) is 0 Å². The van der Waals surface area contributed by atoms with Gasteiger partial charge in [-0.15, -0.1) is 0 Å². The first-order chi connectivity index (χ1) is 8.38. The molecule has 1 N–H and O–H groups in total. The van der Waals surface area contributed by atoms with E-state index in [9.17, 15) is 8.78 Å². The van der Waals surface area contributed by atoms with Crippen LogP contribution >= 0.6 is 0 Å². The fourth-order valence-corrected chi connectivity index (χ4v) is 2.25. The molecule has 1 heterocycles. The fraction of sp³-hybridized carbons (Fsp3) is 0.571. The molecule has 18 heavy (non-hydrogen) atoms. The first kappa shape index (κ1) is 13.3. The molecule has 2 rings (SSSR count). The summed E-state index contributed by atoms with van der Waals surface area (Å²) in [6, 6.07) is 4.46. The van der Waals surface area contributed by atoms with Crippen molar-refractivity contribution in [2.75, 3.05) is 24.5 Å². The predicted molar refractivity (Wildman–Crippen MR) is 69.8 cm³/mol. The minimum absolute atomic E-state index is 0.150. The Morgan fingerprint density at radius 2 is 1.94 bits per heavy atom. The molecule has 0 aromatic heterocycles. The highest BCUT2D eigenvalue weighted by atomic mass is 19.2. The molecule has 0 aliphatic carbocycles. The smallest absolute Gasteiger partial charge is 0.160 e. The van der Waals surface area contributed by atoms with Gasteiger partial charge in [-0.1, -0.05) is 20.8 Å². The molecule has 0 saturated carbocycles. The van der Waals surface area contributed by atoms with E-state index in [1.807, 2.05) is 0 Å². The van der Waals surface area contributed by atoms with Gasteiger partial charge in [0.2, 0.25) is 0 Å². The van der Waals surface area contributed by atoms with Crippen molar-refractivity contribution in [3.8, 4) is 0 Å². The van der Waals surface area contributed by atoms with E-state index >= 15 is 0 Å². The van der Waals surface area contributed by atoms with Crippen molar-refractivity contribution in [1.82, 2.24) is 5.32 Å². The first-order valence-corrected chi connectivity index (χ1v) is 6.31. The molecule has 0 radical (unpaired) electrons. The van der Waals surface area contributed by atoms with E-state index in [2.05, 4.69) is 31.0 Å². The van der Waals surface area contributed by atoms with E-state index in [1.165, 1.54) is 12.1 Å². The first-order valence-electron chi connectivity index (χ1n) is 6.31. The number of anilines is 1. The predicted octanol–water partition coefficient (Wildman–Crippen LogP) is 2.79. The normalized spacial score (nSPS) is 21.2. The van der Waals surface area contributed by atoms with Crippen LogP contribution in [0.25, 0.3) is 0 Å². The van der Waals surface area contributed by atoms with Gasteiger partial charge in [0.15, 0.2) is 11.6 Å². The Hall–Kier alpha value is -1.16. The summed E-state index contributed by atoms with van der Waals surface area (Å²) in [7, 11) is 0. The second-order valence-corrected chi connectivity index (χ2v) is 5.92. The zero-order valence-electron chi connectivity index (χ0n) is 11.1. The maximum atomic E-state index is 13.2. The van der Waals surface area contributed by atoms with Crippen molar-refractivity contribution in [3.63, 3.8) is 0 Å². The van der Waals surface area contributed by atoms with Crippen LogP contribution in [0.3, 0.4) is 0 Å². The zero-order valence-corrected chi connectivity index (χ0v) is 11.1. The Bertz CT molecular complexity index is 426. The average Bonchev–Trinajstić information content (AvgIpc) is 2.32. The number of hydrogen-bond donors (Lipinski definition) is 1. The molecule has 2 nitrogen and oxygen atoms in total. The number of halogens is 2. The molecule has 0 bridgehead atoms. The van der Waals surface area contributed by atoms with Crippen LogP contribution in [0.1, 0.15) is 20.8 Å². The van der Waals surface area contributed by atoms with E-state index < -0.39 is 11.6 Å². The fourth-order valence-electron chi connectivity index (χ4n) is 2.25. The van der Waals surface area contributed by atoms with E-state index in [1.54, 1.807) is 6.07 Å². The van der Waals surface area contributed by atoms with Crippen molar-refractivity contribution in [3.05, 3.63) is 29.8 Å². The second kappa shape index (κ2) is 4.84. The highest BCUT2D eigenvalue weighted by Gasteiger charge is 2.29. The molecule has 0 spiro atoms. The SMILES string of the molecule is CC(C)(C)C1CN(c2ccc(F)c(F)c2)CCN1. The van der Waals surface area contributed by atoms with Crippen LogP contribution in [0.4, 0.5) is 14.5 Å². The molecule has 100 valence electrons. The highest BCUT2D eigenvalue weighted by Crippen LogP contribution is 2.25. The Kier molecular flexibility index (Phi) is 3.57. The molecule has 1 aromatic carbocycles. The van der Waals surface area contributed by atoms with E-state index in [-0.39, 0.29) is 5.41 Å². The molecule has 4 heteroatoms. The van der Waals surface area contributed by atoms with Crippen molar-refractivity contribution in [1.29, 1.82) is 0 Å². The lowest BCUT2D eigenvalue weighted by molar-refractivity contribution is 0.254. The summed E-state index contributed by atoms with van der Waals surface area (Å²) in [6.45, 7) is 9.03. The summed E-state index contributed by atoms with van der Waals surface area (Å²) in [5, 5.41) is 3.48. The van der Waals surface area contributed by atoms with Crippen LogP contribution in [0.15, 0.2) is 18.2 Å². The van der Waals surface area contributed by atoms with E-state index in [4.69, 9.17) is 0 Å². The third kappa shape index (κ3) is 2.80. The van der Waals surface area contributed by atoms with Crippen molar-refractivity contribution in [2.45, 2.75) is 26.8 Å². The molecule has 0 amide bonds. The monoisotopic (exact) mass is 254 g/mol. The minimum atomic E-state index is -0.791. The second-order valence-electron chi connectivity index (χ2n) is 5.92. The molecule has 1 unspecified atom stereocenters. The van der Waals surface area contributed by atoms with Gasteiger partial charge < -0.3 is 10.2 Å². The summed E-state index contributed by atoms with van der Waals surface area (Å²) in [5.74, 6) is -1.57. The van der Waals surface area contributed by atoms with Gasteiger partial charge in [-0.05, 0) is 17.5 Å². The molecule has 1 saturated heterocycles. The topological polar surface area (TPSA) is 15.3 Å². The van der Waals surface area contributed by atoms with Crippen molar-refractivity contribution in [2.24, 2.45) is 5.41 Å². The Balaban J connectivity index is 2.15. The van der Waals surface area contributed by atoms with Gasteiger partial charge in [-0.2, -0.15) is 0 Å². The van der Waals surface area contributed by atoms with E-state index in [0.29, 0.717) is 6.04 Å². The number of piperazine rings is 1. The Labute approximate surface area is 107 Å². The Morgan fingerprint density at radius 1 is 1.22 bits per heavy atom.